The fourth-order valence-corrected chi connectivity index (χ4v) is 2.58. The number of Topliss-reactive ketones (excluding diaryl/α,β-unsaturated/α-hetero) is 1. The first-order valence-corrected chi connectivity index (χ1v) is 7.19. The van der Waals surface area contributed by atoms with Gasteiger partial charge in [0.25, 0.3) is 0 Å². The Kier molecular flexibility index (Phi) is 5.35. The summed E-state index contributed by atoms with van der Waals surface area (Å²) in [5, 5.41) is 0. The first-order chi connectivity index (χ1) is 7.60. The van der Waals surface area contributed by atoms with Crippen molar-refractivity contribution < 1.29 is 9.53 Å². The molecule has 4 heteroatoms. The first-order valence-electron chi connectivity index (χ1n) is 5.05. The molecule has 0 heterocycles. The maximum atomic E-state index is 11.3. The number of alkyl halides is 1. The Morgan fingerprint density at radius 1 is 1.56 bits per heavy atom. The number of carbonyl (C=O) groups is 1. The monoisotopic (exact) mass is 302 g/mol. The SMILES string of the molecule is CCOc1ccc(C(Br)C(C)=O)c(SC)c1. The lowest BCUT2D eigenvalue weighted by Gasteiger charge is -2.13. The van der Waals surface area contributed by atoms with Gasteiger partial charge < -0.3 is 4.74 Å². The molecule has 1 atom stereocenters. The van der Waals surface area contributed by atoms with Gasteiger partial charge in [0.05, 0.1) is 11.4 Å². The van der Waals surface area contributed by atoms with Crippen LogP contribution in [-0.4, -0.2) is 18.6 Å². The largest absolute Gasteiger partial charge is 0.494 e. The van der Waals surface area contributed by atoms with E-state index in [2.05, 4.69) is 15.9 Å². The van der Waals surface area contributed by atoms with Gasteiger partial charge in [-0.15, -0.1) is 11.8 Å². The third-order valence-corrected chi connectivity index (χ3v) is 4.08. The van der Waals surface area contributed by atoms with E-state index in [1.54, 1.807) is 18.7 Å². The second-order valence-corrected chi connectivity index (χ2v) is 5.07. The molecule has 0 amide bonds. The Morgan fingerprint density at radius 2 is 2.25 bits per heavy atom. The van der Waals surface area contributed by atoms with Gasteiger partial charge in [-0.25, -0.2) is 0 Å². The lowest BCUT2D eigenvalue weighted by molar-refractivity contribution is -0.116. The zero-order chi connectivity index (χ0) is 12.1. The van der Waals surface area contributed by atoms with Gasteiger partial charge in [0.2, 0.25) is 0 Å². The summed E-state index contributed by atoms with van der Waals surface area (Å²) in [6, 6.07) is 5.81. The van der Waals surface area contributed by atoms with E-state index < -0.39 is 0 Å². The summed E-state index contributed by atoms with van der Waals surface area (Å²) < 4.78 is 5.43. The molecule has 0 aromatic heterocycles. The molecule has 0 spiro atoms. The second-order valence-electron chi connectivity index (χ2n) is 3.31. The average molecular weight is 303 g/mol. The second kappa shape index (κ2) is 6.30. The van der Waals surface area contributed by atoms with E-state index in [1.165, 1.54) is 0 Å². The minimum atomic E-state index is -0.231. The molecule has 1 aromatic carbocycles. The van der Waals surface area contributed by atoms with Crippen molar-refractivity contribution in [1.29, 1.82) is 0 Å². The number of benzene rings is 1. The van der Waals surface area contributed by atoms with Crippen LogP contribution >= 0.6 is 27.7 Å². The lowest BCUT2D eigenvalue weighted by Crippen LogP contribution is -2.03. The molecule has 1 aromatic rings. The Balaban J connectivity index is 3.06. The molecule has 0 aliphatic carbocycles. The summed E-state index contributed by atoms with van der Waals surface area (Å²) in [6.07, 6.45) is 1.99. The summed E-state index contributed by atoms with van der Waals surface area (Å²) in [5.41, 5.74) is 1.00. The van der Waals surface area contributed by atoms with E-state index in [0.29, 0.717) is 6.61 Å². The van der Waals surface area contributed by atoms with Crippen LogP contribution in [0.1, 0.15) is 24.2 Å². The van der Waals surface area contributed by atoms with Crippen LogP contribution in [0.4, 0.5) is 0 Å². The molecular weight excluding hydrogens is 288 g/mol. The zero-order valence-electron chi connectivity index (χ0n) is 9.62. The van der Waals surface area contributed by atoms with Crippen molar-refractivity contribution in [3.63, 3.8) is 0 Å². The van der Waals surface area contributed by atoms with E-state index in [9.17, 15) is 4.79 Å². The molecule has 0 aliphatic rings. The fourth-order valence-electron chi connectivity index (χ4n) is 1.38. The van der Waals surface area contributed by atoms with Crippen molar-refractivity contribution in [2.75, 3.05) is 12.9 Å². The molecular formula is C12H15BrO2S. The highest BCUT2D eigenvalue weighted by Crippen LogP contribution is 2.34. The minimum absolute atomic E-state index is 0.111. The molecule has 0 fully saturated rings. The average Bonchev–Trinajstić information content (AvgIpc) is 2.28. The van der Waals surface area contributed by atoms with E-state index in [4.69, 9.17) is 4.74 Å². The van der Waals surface area contributed by atoms with Crippen molar-refractivity contribution in [2.24, 2.45) is 0 Å². The number of hydrogen-bond acceptors (Lipinski definition) is 3. The number of rotatable bonds is 5. The molecule has 16 heavy (non-hydrogen) atoms. The Labute approximate surface area is 109 Å². The normalized spacial score (nSPS) is 12.2. The van der Waals surface area contributed by atoms with Crippen LogP contribution in [0.25, 0.3) is 0 Å². The summed E-state index contributed by atoms with van der Waals surface area (Å²) in [4.78, 5) is 12.2. The van der Waals surface area contributed by atoms with Gasteiger partial charge in [-0.05, 0) is 37.8 Å². The molecule has 0 bridgehead atoms. The minimum Gasteiger partial charge on any atom is -0.494 e. The maximum Gasteiger partial charge on any atom is 0.147 e. The lowest BCUT2D eigenvalue weighted by atomic mass is 10.1. The van der Waals surface area contributed by atoms with Crippen LogP contribution in [0.2, 0.25) is 0 Å². The third kappa shape index (κ3) is 3.25. The predicted molar refractivity (Wildman–Crippen MR) is 71.7 cm³/mol. The number of carbonyl (C=O) groups excluding carboxylic acids is 1. The summed E-state index contributed by atoms with van der Waals surface area (Å²) in [5.74, 6) is 0.957. The van der Waals surface area contributed by atoms with Gasteiger partial charge >= 0.3 is 0 Å². The quantitative estimate of drug-likeness (QED) is 0.611. The molecule has 1 rings (SSSR count). The Hall–Kier alpha value is -0.480. The summed E-state index contributed by atoms with van der Waals surface area (Å²) in [7, 11) is 0. The van der Waals surface area contributed by atoms with Gasteiger partial charge in [0.15, 0.2) is 0 Å². The van der Waals surface area contributed by atoms with Crippen LogP contribution in [0, 0.1) is 0 Å². The molecule has 0 aliphatic heterocycles. The zero-order valence-corrected chi connectivity index (χ0v) is 12.0. The summed E-state index contributed by atoms with van der Waals surface area (Å²) in [6.45, 7) is 4.19. The number of halogens is 1. The van der Waals surface area contributed by atoms with E-state index >= 15 is 0 Å². The highest BCUT2D eigenvalue weighted by atomic mass is 79.9. The number of ketones is 1. The topological polar surface area (TPSA) is 26.3 Å². The predicted octanol–water partition coefficient (Wildman–Crippen LogP) is 3.83. The van der Waals surface area contributed by atoms with Gasteiger partial charge in [-0.1, -0.05) is 22.0 Å². The van der Waals surface area contributed by atoms with Crippen molar-refractivity contribution in [3.8, 4) is 5.75 Å². The highest BCUT2D eigenvalue weighted by molar-refractivity contribution is 9.09. The van der Waals surface area contributed by atoms with Gasteiger partial charge in [-0.3, -0.25) is 4.79 Å². The fraction of sp³-hybridized carbons (Fsp3) is 0.417. The molecule has 2 nitrogen and oxygen atoms in total. The van der Waals surface area contributed by atoms with Crippen molar-refractivity contribution >= 4 is 33.5 Å². The van der Waals surface area contributed by atoms with Gasteiger partial charge in [-0.2, -0.15) is 0 Å². The third-order valence-electron chi connectivity index (χ3n) is 2.15. The molecule has 0 saturated heterocycles. The molecule has 0 radical (unpaired) electrons. The van der Waals surface area contributed by atoms with Crippen LogP contribution in [0.3, 0.4) is 0 Å². The Morgan fingerprint density at radius 3 is 2.75 bits per heavy atom. The number of ether oxygens (including phenoxy) is 1. The van der Waals surface area contributed by atoms with E-state index in [1.807, 2.05) is 31.4 Å². The molecule has 88 valence electrons. The van der Waals surface area contributed by atoms with E-state index in [0.717, 1.165) is 16.2 Å². The first kappa shape index (κ1) is 13.6. The van der Waals surface area contributed by atoms with Crippen LogP contribution in [0.15, 0.2) is 23.1 Å². The Bertz CT molecular complexity index is 379. The van der Waals surface area contributed by atoms with Gasteiger partial charge in [0, 0.05) is 4.90 Å². The maximum absolute atomic E-state index is 11.3. The number of hydrogen-bond donors (Lipinski definition) is 0. The number of thioether (sulfide) groups is 1. The molecule has 0 saturated carbocycles. The van der Waals surface area contributed by atoms with Crippen LogP contribution in [0.5, 0.6) is 5.75 Å². The smallest absolute Gasteiger partial charge is 0.147 e. The van der Waals surface area contributed by atoms with Gasteiger partial charge in [0.1, 0.15) is 11.5 Å². The van der Waals surface area contributed by atoms with Crippen LogP contribution in [-0.2, 0) is 4.79 Å². The van der Waals surface area contributed by atoms with Crippen LogP contribution < -0.4 is 4.74 Å². The van der Waals surface area contributed by atoms with Crippen molar-refractivity contribution in [1.82, 2.24) is 0 Å². The van der Waals surface area contributed by atoms with Crippen molar-refractivity contribution in [3.05, 3.63) is 23.8 Å². The summed E-state index contributed by atoms with van der Waals surface area (Å²) >= 11 is 5.02. The van der Waals surface area contributed by atoms with E-state index in [-0.39, 0.29) is 10.6 Å². The molecule has 0 N–H and O–H groups in total. The highest BCUT2D eigenvalue weighted by Gasteiger charge is 2.16. The standard InChI is InChI=1S/C12H15BrO2S/c1-4-15-9-5-6-10(11(7-9)16-3)12(13)8(2)14/h5-7,12H,4H2,1-3H3. The molecule has 1 unspecified atom stereocenters. The van der Waals surface area contributed by atoms with Crippen molar-refractivity contribution in [2.45, 2.75) is 23.6 Å².